The van der Waals surface area contributed by atoms with Gasteiger partial charge in [0.2, 0.25) is 0 Å². The molecule has 0 aromatic rings. The zero-order chi connectivity index (χ0) is 21.2. The van der Waals surface area contributed by atoms with Crippen molar-refractivity contribution in [3.63, 3.8) is 0 Å². The van der Waals surface area contributed by atoms with Crippen molar-refractivity contribution in [1.29, 1.82) is 0 Å². The van der Waals surface area contributed by atoms with E-state index in [0.717, 1.165) is 56.9 Å². The van der Waals surface area contributed by atoms with Crippen molar-refractivity contribution in [2.24, 2.45) is 39.9 Å². The maximum Gasteiger partial charge on any atom is 0.311 e. The van der Waals surface area contributed by atoms with Crippen LogP contribution in [0.3, 0.4) is 0 Å². The number of hydrogen-bond donors (Lipinski definition) is 0. The second-order valence-corrected chi connectivity index (χ2v) is 11.2. The molecule has 162 valence electrons. The molecule has 1 spiro atoms. The van der Waals surface area contributed by atoms with E-state index in [0.29, 0.717) is 17.8 Å². The third-order valence-corrected chi connectivity index (χ3v) is 9.54. The highest BCUT2D eigenvalue weighted by molar-refractivity contribution is 5.77. The average molecular weight is 403 g/mol. The Morgan fingerprint density at radius 1 is 1.07 bits per heavy atom. The fraction of sp³-hybridized carbons (Fsp3) is 0.840. The molecule has 0 aromatic carbocycles. The highest BCUT2D eigenvalue weighted by atomic mass is 16.5. The van der Waals surface area contributed by atoms with Gasteiger partial charge < -0.3 is 9.47 Å². The Kier molecular flexibility index (Phi) is 4.94. The van der Waals surface area contributed by atoms with E-state index in [4.69, 9.17) is 9.47 Å². The predicted octanol–water partition coefficient (Wildman–Crippen LogP) is 5.31. The lowest BCUT2D eigenvalue weighted by Crippen LogP contribution is -2.60. The first-order valence-electron chi connectivity index (χ1n) is 11.6. The van der Waals surface area contributed by atoms with E-state index in [1.165, 1.54) is 7.11 Å². The Bertz CT molecular complexity index is 726. The average Bonchev–Trinajstić information content (AvgIpc) is 2.87. The molecule has 2 bridgehead atoms. The number of rotatable bonds is 3. The van der Waals surface area contributed by atoms with Gasteiger partial charge in [-0.15, -0.1) is 0 Å². The van der Waals surface area contributed by atoms with Crippen molar-refractivity contribution in [3.8, 4) is 0 Å². The predicted molar refractivity (Wildman–Crippen MR) is 112 cm³/mol. The molecule has 0 aliphatic heterocycles. The fourth-order valence-corrected chi connectivity index (χ4v) is 8.26. The summed E-state index contributed by atoms with van der Waals surface area (Å²) in [5.41, 5.74) is 0.830. The van der Waals surface area contributed by atoms with Crippen LogP contribution >= 0.6 is 0 Å². The third kappa shape index (κ3) is 2.76. The SMILES string of the molecule is C=C1C2CCC3C4(C)CCCC(C)(C(=O)OC)C4CCC3(C2)C1OC(=O)C(C)C. The molecule has 4 nitrogen and oxygen atoms in total. The van der Waals surface area contributed by atoms with Crippen LogP contribution in [0.25, 0.3) is 0 Å². The summed E-state index contributed by atoms with van der Waals surface area (Å²) in [4.78, 5) is 25.4. The van der Waals surface area contributed by atoms with Gasteiger partial charge in [0, 0.05) is 5.41 Å². The molecule has 4 heteroatoms. The molecular formula is C25H38O4. The number of hydrogen-bond acceptors (Lipinski definition) is 4. The topological polar surface area (TPSA) is 52.6 Å². The summed E-state index contributed by atoms with van der Waals surface area (Å²) in [6, 6.07) is 0. The van der Waals surface area contributed by atoms with Crippen LogP contribution in [0, 0.1) is 39.9 Å². The van der Waals surface area contributed by atoms with Crippen LogP contribution in [0.15, 0.2) is 12.2 Å². The van der Waals surface area contributed by atoms with E-state index in [1.54, 1.807) is 0 Å². The van der Waals surface area contributed by atoms with E-state index in [2.05, 4.69) is 20.4 Å². The van der Waals surface area contributed by atoms with Gasteiger partial charge in [-0.2, -0.15) is 0 Å². The zero-order valence-corrected chi connectivity index (χ0v) is 18.9. The van der Waals surface area contributed by atoms with Crippen LogP contribution in [0.5, 0.6) is 0 Å². The van der Waals surface area contributed by atoms with Crippen LogP contribution in [-0.2, 0) is 19.1 Å². The Morgan fingerprint density at radius 2 is 1.79 bits per heavy atom. The van der Waals surface area contributed by atoms with Gasteiger partial charge in [-0.05, 0) is 80.6 Å². The molecule has 0 amide bonds. The normalized spacial score (nSPS) is 46.1. The van der Waals surface area contributed by atoms with E-state index in [9.17, 15) is 9.59 Å². The molecule has 4 fully saturated rings. The molecule has 7 unspecified atom stereocenters. The van der Waals surface area contributed by atoms with Crippen molar-refractivity contribution < 1.29 is 19.1 Å². The summed E-state index contributed by atoms with van der Waals surface area (Å²) < 4.78 is 11.5. The number of fused-ring (bicyclic) bond motifs is 3. The molecule has 0 heterocycles. The summed E-state index contributed by atoms with van der Waals surface area (Å²) >= 11 is 0. The lowest BCUT2D eigenvalue weighted by molar-refractivity contribution is -0.198. The number of carbonyl (C=O) groups excluding carboxylic acids is 2. The monoisotopic (exact) mass is 402 g/mol. The smallest absolute Gasteiger partial charge is 0.311 e. The second kappa shape index (κ2) is 6.85. The highest BCUT2D eigenvalue weighted by Crippen LogP contribution is 2.72. The van der Waals surface area contributed by atoms with Crippen molar-refractivity contribution in [2.45, 2.75) is 85.2 Å². The quantitative estimate of drug-likeness (QED) is 0.474. The van der Waals surface area contributed by atoms with E-state index >= 15 is 0 Å². The van der Waals surface area contributed by atoms with Crippen LogP contribution in [0.4, 0.5) is 0 Å². The summed E-state index contributed by atoms with van der Waals surface area (Å²) in [5, 5.41) is 0. The van der Waals surface area contributed by atoms with Gasteiger partial charge in [0.1, 0.15) is 6.10 Å². The van der Waals surface area contributed by atoms with Gasteiger partial charge in [-0.1, -0.05) is 33.8 Å². The Labute approximate surface area is 175 Å². The molecule has 4 aliphatic rings. The summed E-state index contributed by atoms with van der Waals surface area (Å²) in [5.74, 6) is 1.01. The van der Waals surface area contributed by atoms with Crippen molar-refractivity contribution in [2.75, 3.05) is 7.11 Å². The number of esters is 2. The van der Waals surface area contributed by atoms with Crippen LogP contribution in [0.2, 0.25) is 0 Å². The molecule has 4 aliphatic carbocycles. The molecular weight excluding hydrogens is 364 g/mol. The second-order valence-electron chi connectivity index (χ2n) is 11.2. The van der Waals surface area contributed by atoms with E-state index < -0.39 is 5.41 Å². The highest BCUT2D eigenvalue weighted by Gasteiger charge is 2.68. The Hall–Kier alpha value is -1.32. The maximum atomic E-state index is 12.8. The maximum absolute atomic E-state index is 12.8. The first-order valence-corrected chi connectivity index (χ1v) is 11.6. The lowest BCUT2D eigenvalue weighted by Gasteiger charge is -2.64. The van der Waals surface area contributed by atoms with Crippen molar-refractivity contribution in [1.82, 2.24) is 0 Å². The molecule has 29 heavy (non-hydrogen) atoms. The van der Waals surface area contributed by atoms with Crippen LogP contribution in [0.1, 0.15) is 79.1 Å². The third-order valence-electron chi connectivity index (χ3n) is 9.54. The largest absolute Gasteiger partial charge is 0.469 e. The van der Waals surface area contributed by atoms with Gasteiger partial charge in [0.05, 0.1) is 18.4 Å². The van der Waals surface area contributed by atoms with Gasteiger partial charge in [0.25, 0.3) is 0 Å². The fourth-order valence-electron chi connectivity index (χ4n) is 8.26. The minimum atomic E-state index is -0.403. The van der Waals surface area contributed by atoms with Crippen molar-refractivity contribution in [3.05, 3.63) is 12.2 Å². The summed E-state index contributed by atoms with van der Waals surface area (Å²) in [6.45, 7) is 12.8. The Morgan fingerprint density at radius 3 is 2.45 bits per heavy atom. The summed E-state index contributed by atoms with van der Waals surface area (Å²) in [6.07, 6.45) is 8.40. The minimum absolute atomic E-state index is 0.00414. The van der Waals surface area contributed by atoms with E-state index in [1.807, 2.05) is 13.8 Å². The molecule has 0 radical (unpaired) electrons. The van der Waals surface area contributed by atoms with Crippen molar-refractivity contribution >= 4 is 11.9 Å². The first-order chi connectivity index (χ1) is 13.6. The molecule has 4 saturated carbocycles. The number of ether oxygens (including phenoxy) is 2. The molecule has 4 rings (SSSR count). The molecule has 7 atom stereocenters. The summed E-state index contributed by atoms with van der Waals surface area (Å²) in [7, 11) is 1.53. The Balaban J connectivity index is 1.73. The van der Waals surface area contributed by atoms with E-state index in [-0.39, 0.29) is 34.8 Å². The molecule has 0 N–H and O–H groups in total. The molecule has 0 saturated heterocycles. The van der Waals surface area contributed by atoms with Gasteiger partial charge in [-0.25, -0.2) is 0 Å². The first kappa shape index (κ1) is 20.9. The van der Waals surface area contributed by atoms with Gasteiger partial charge >= 0.3 is 11.9 Å². The van der Waals surface area contributed by atoms with Crippen LogP contribution < -0.4 is 0 Å². The van der Waals surface area contributed by atoms with Crippen LogP contribution in [-0.4, -0.2) is 25.2 Å². The lowest BCUT2D eigenvalue weighted by atomic mass is 9.40. The minimum Gasteiger partial charge on any atom is -0.469 e. The van der Waals surface area contributed by atoms with Gasteiger partial charge in [-0.3, -0.25) is 9.59 Å². The van der Waals surface area contributed by atoms with Gasteiger partial charge in [0.15, 0.2) is 0 Å². The standard InChI is InChI=1S/C25H38O4/c1-15(2)21(26)29-20-16(3)17-8-9-19-23(4)11-7-12-24(5,22(27)28-6)18(23)10-13-25(19,20)14-17/h15,17-20H,3,7-14H2,1-2,4-6H3. The number of methoxy groups -OCH3 is 1. The molecule has 0 aromatic heterocycles. The number of carbonyl (C=O) groups is 2. The zero-order valence-electron chi connectivity index (χ0n) is 18.9.